The van der Waals surface area contributed by atoms with E-state index in [2.05, 4.69) is 4.74 Å². The lowest BCUT2D eigenvalue weighted by Gasteiger charge is -2.20. The van der Waals surface area contributed by atoms with Crippen LogP contribution in [0.25, 0.3) is 0 Å². The molecule has 0 aliphatic carbocycles. The zero-order chi connectivity index (χ0) is 13.1. The first-order valence-corrected chi connectivity index (χ1v) is 6.49. The van der Waals surface area contributed by atoms with Crippen LogP contribution in [0, 0.1) is 5.82 Å². The second kappa shape index (κ2) is 5.13. The van der Waals surface area contributed by atoms with Crippen molar-refractivity contribution in [2.75, 3.05) is 24.2 Å². The van der Waals surface area contributed by atoms with Gasteiger partial charge in [0.25, 0.3) is 0 Å². The lowest BCUT2D eigenvalue weighted by atomic mass is 10.3. The topological polar surface area (TPSA) is 63.7 Å². The molecule has 0 radical (unpaired) electrons. The highest BCUT2D eigenvalue weighted by molar-refractivity contribution is 7.92. The molecule has 0 aliphatic heterocycles. The number of benzene rings is 1. The third kappa shape index (κ3) is 3.70. The molecule has 0 fully saturated rings. The van der Waals surface area contributed by atoms with E-state index in [9.17, 15) is 17.6 Å². The molecule has 0 N–H and O–H groups in total. The highest BCUT2D eigenvalue weighted by Crippen LogP contribution is 2.18. The fourth-order valence-electron chi connectivity index (χ4n) is 1.21. The highest BCUT2D eigenvalue weighted by Gasteiger charge is 2.21. The van der Waals surface area contributed by atoms with Gasteiger partial charge in [-0.05, 0) is 18.2 Å². The fraction of sp³-hybridized carbons (Fsp3) is 0.300. The largest absolute Gasteiger partial charge is 0.468 e. The molecule has 0 bridgehead atoms. The van der Waals surface area contributed by atoms with Crippen LogP contribution in [-0.2, 0) is 19.6 Å². The minimum Gasteiger partial charge on any atom is -0.468 e. The number of carbonyl (C=O) groups excluding carboxylic acids is 1. The van der Waals surface area contributed by atoms with Gasteiger partial charge in [-0.15, -0.1) is 0 Å². The maximum Gasteiger partial charge on any atom is 0.326 e. The Bertz CT molecular complexity index is 515. The number of hydrogen-bond acceptors (Lipinski definition) is 4. The number of methoxy groups -OCH3 is 1. The van der Waals surface area contributed by atoms with E-state index in [1.165, 1.54) is 18.2 Å². The summed E-state index contributed by atoms with van der Waals surface area (Å²) in [5, 5.41) is 0. The zero-order valence-corrected chi connectivity index (χ0v) is 10.2. The van der Waals surface area contributed by atoms with Crippen LogP contribution in [0.5, 0.6) is 0 Å². The predicted octanol–water partition coefficient (Wildman–Crippen LogP) is 0.765. The molecule has 0 aliphatic rings. The van der Waals surface area contributed by atoms with Crippen molar-refractivity contribution in [3.05, 3.63) is 30.1 Å². The van der Waals surface area contributed by atoms with Gasteiger partial charge in [-0.1, -0.05) is 6.07 Å². The molecule has 5 nitrogen and oxygen atoms in total. The third-order valence-electron chi connectivity index (χ3n) is 2.00. The Labute approximate surface area is 98.9 Å². The molecule has 0 heterocycles. The molecule has 0 amide bonds. The summed E-state index contributed by atoms with van der Waals surface area (Å²) in [5.74, 6) is -1.30. The van der Waals surface area contributed by atoms with Gasteiger partial charge in [0.15, 0.2) is 0 Å². The summed E-state index contributed by atoms with van der Waals surface area (Å²) >= 11 is 0. The summed E-state index contributed by atoms with van der Waals surface area (Å²) in [6.07, 6.45) is 0.931. The number of hydrogen-bond donors (Lipinski definition) is 0. The van der Waals surface area contributed by atoms with Gasteiger partial charge in [-0.25, -0.2) is 12.8 Å². The summed E-state index contributed by atoms with van der Waals surface area (Å²) in [5.41, 5.74) is 0.0814. The monoisotopic (exact) mass is 261 g/mol. The molecule has 0 unspecified atom stereocenters. The number of halogens is 1. The van der Waals surface area contributed by atoms with Crippen LogP contribution in [-0.4, -0.2) is 34.3 Å². The molecule has 1 rings (SSSR count). The summed E-state index contributed by atoms with van der Waals surface area (Å²) in [7, 11) is -2.53. The van der Waals surface area contributed by atoms with Gasteiger partial charge in [-0.2, -0.15) is 0 Å². The van der Waals surface area contributed by atoms with Crippen molar-refractivity contribution < 1.29 is 22.3 Å². The minimum absolute atomic E-state index is 0.0814. The van der Waals surface area contributed by atoms with E-state index in [4.69, 9.17) is 0 Å². The Morgan fingerprint density at radius 1 is 1.47 bits per heavy atom. The van der Waals surface area contributed by atoms with Crippen molar-refractivity contribution in [1.29, 1.82) is 0 Å². The molecule has 7 heteroatoms. The van der Waals surface area contributed by atoms with E-state index in [0.29, 0.717) is 0 Å². The quantitative estimate of drug-likeness (QED) is 0.751. The van der Waals surface area contributed by atoms with Gasteiger partial charge < -0.3 is 4.74 Å². The van der Waals surface area contributed by atoms with Gasteiger partial charge >= 0.3 is 5.97 Å². The molecule has 0 aromatic heterocycles. The Balaban J connectivity index is 3.12. The first kappa shape index (κ1) is 13.4. The minimum atomic E-state index is -3.67. The van der Waals surface area contributed by atoms with Gasteiger partial charge in [-0.3, -0.25) is 9.10 Å². The van der Waals surface area contributed by atoms with Crippen LogP contribution in [0.2, 0.25) is 0 Å². The van der Waals surface area contributed by atoms with Crippen LogP contribution < -0.4 is 4.31 Å². The van der Waals surface area contributed by atoms with Crippen LogP contribution >= 0.6 is 0 Å². The number of carbonyl (C=O) groups is 1. The van der Waals surface area contributed by atoms with Crippen molar-refractivity contribution in [1.82, 2.24) is 0 Å². The van der Waals surface area contributed by atoms with Crippen molar-refractivity contribution >= 4 is 21.7 Å². The molecule has 94 valence electrons. The van der Waals surface area contributed by atoms with Crippen LogP contribution in [0.15, 0.2) is 24.3 Å². The lowest BCUT2D eigenvalue weighted by Crippen LogP contribution is -2.35. The summed E-state index contributed by atoms with van der Waals surface area (Å²) in [6, 6.07) is 4.97. The average molecular weight is 261 g/mol. The van der Waals surface area contributed by atoms with Gasteiger partial charge in [0.1, 0.15) is 12.4 Å². The van der Waals surface area contributed by atoms with Crippen molar-refractivity contribution in [3.63, 3.8) is 0 Å². The van der Waals surface area contributed by atoms with E-state index in [0.717, 1.165) is 23.7 Å². The Hall–Kier alpha value is -1.63. The highest BCUT2D eigenvalue weighted by atomic mass is 32.2. The molecule has 1 aromatic rings. The van der Waals surface area contributed by atoms with Crippen molar-refractivity contribution in [2.45, 2.75) is 0 Å². The van der Waals surface area contributed by atoms with Crippen LogP contribution in [0.3, 0.4) is 0 Å². The fourth-order valence-corrected chi connectivity index (χ4v) is 2.05. The maximum atomic E-state index is 13.0. The summed E-state index contributed by atoms with van der Waals surface area (Å²) in [4.78, 5) is 11.1. The van der Waals surface area contributed by atoms with E-state index in [1.807, 2.05) is 0 Å². The standard InChI is InChI=1S/C10H12FNO4S/c1-16-10(13)7-12(17(2,14)15)9-5-3-4-8(11)6-9/h3-6H,7H2,1-2H3. The second-order valence-corrected chi connectivity index (χ2v) is 5.23. The first-order chi connectivity index (χ1) is 7.84. The van der Waals surface area contributed by atoms with Crippen LogP contribution in [0.4, 0.5) is 10.1 Å². The van der Waals surface area contributed by atoms with Gasteiger partial charge in [0, 0.05) is 0 Å². The number of nitrogens with zero attached hydrogens (tertiary/aromatic N) is 1. The molecule has 1 aromatic carbocycles. The molecular formula is C10H12FNO4S. The van der Waals surface area contributed by atoms with E-state index in [-0.39, 0.29) is 5.69 Å². The Kier molecular flexibility index (Phi) is 4.06. The molecule has 0 spiro atoms. The van der Waals surface area contributed by atoms with Gasteiger partial charge in [0.05, 0.1) is 19.1 Å². The van der Waals surface area contributed by atoms with Crippen molar-refractivity contribution in [3.8, 4) is 0 Å². The number of ether oxygens (including phenoxy) is 1. The lowest BCUT2D eigenvalue weighted by molar-refractivity contribution is -0.138. The number of anilines is 1. The van der Waals surface area contributed by atoms with E-state index < -0.39 is 28.4 Å². The van der Waals surface area contributed by atoms with Crippen molar-refractivity contribution in [2.24, 2.45) is 0 Å². The number of esters is 1. The normalized spacial score (nSPS) is 11.0. The summed E-state index contributed by atoms with van der Waals surface area (Å²) in [6.45, 7) is -0.487. The number of rotatable bonds is 4. The second-order valence-electron chi connectivity index (χ2n) is 3.33. The smallest absolute Gasteiger partial charge is 0.326 e. The number of sulfonamides is 1. The van der Waals surface area contributed by atoms with Crippen LogP contribution in [0.1, 0.15) is 0 Å². The SMILES string of the molecule is COC(=O)CN(c1cccc(F)c1)S(C)(=O)=O. The first-order valence-electron chi connectivity index (χ1n) is 4.64. The molecule has 17 heavy (non-hydrogen) atoms. The Morgan fingerprint density at radius 2 is 2.12 bits per heavy atom. The van der Waals surface area contributed by atoms with E-state index >= 15 is 0 Å². The molecule has 0 atom stereocenters. The molecule has 0 saturated carbocycles. The third-order valence-corrected chi connectivity index (χ3v) is 3.14. The molecular weight excluding hydrogens is 249 g/mol. The predicted molar refractivity (Wildman–Crippen MR) is 60.6 cm³/mol. The Morgan fingerprint density at radius 3 is 2.59 bits per heavy atom. The van der Waals surface area contributed by atoms with E-state index in [1.54, 1.807) is 0 Å². The molecule has 0 saturated heterocycles. The average Bonchev–Trinajstić information content (AvgIpc) is 2.23. The zero-order valence-electron chi connectivity index (χ0n) is 9.38. The summed E-state index contributed by atoms with van der Waals surface area (Å²) < 4.78 is 41.1. The maximum absolute atomic E-state index is 13.0. The van der Waals surface area contributed by atoms with Gasteiger partial charge in [0.2, 0.25) is 10.0 Å².